The lowest BCUT2D eigenvalue weighted by molar-refractivity contribution is 0.434. The smallest absolute Gasteiger partial charge is 0.208 e. The van der Waals surface area contributed by atoms with Crippen LogP contribution < -0.4 is 4.72 Å². The van der Waals surface area contributed by atoms with Gasteiger partial charge in [-0.25, -0.2) is 13.1 Å². The minimum absolute atomic E-state index is 0.0757. The van der Waals surface area contributed by atoms with Crippen molar-refractivity contribution < 1.29 is 8.42 Å². The first kappa shape index (κ1) is 15.7. The molecule has 5 heteroatoms. The second-order valence-electron chi connectivity index (χ2n) is 4.73. The van der Waals surface area contributed by atoms with Crippen molar-refractivity contribution in [1.29, 1.82) is 0 Å². The Balaban J connectivity index is 3.00. The van der Waals surface area contributed by atoms with Gasteiger partial charge in [0, 0.05) is 10.5 Å². The van der Waals surface area contributed by atoms with Crippen molar-refractivity contribution in [2.75, 3.05) is 0 Å². The summed E-state index contributed by atoms with van der Waals surface area (Å²) in [4.78, 5) is 0.295. The maximum Gasteiger partial charge on any atom is 0.241 e. The zero-order valence-electron chi connectivity index (χ0n) is 11.2. The Morgan fingerprint density at radius 1 is 1.33 bits per heavy atom. The highest BCUT2D eigenvalue weighted by molar-refractivity contribution is 9.10. The van der Waals surface area contributed by atoms with Gasteiger partial charge in [-0.1, -0.05) is 26.3 Å². The van der Waals surface area contributed by atoms with Crippen LogP contribution in [0.2, 0.25) is 0 Å². The van der Waals surface area contributed by atoms with E-state index in [0.29, 0.717) is 15.3 Å². The lowest BCUT2D eigenvalue weighted by atomic mass is 10.0. The molecular formula is C13H20BrNO2S. The van der Waals surface area contributed by atoms with Gasteiger partial charge in [0.05, 0.1) is 4.90 Å². The summed E-state index contributed by atoms with van der Waals surface area (Å²) < 4.78 is 27.8. The Labute approximate surface area is 118 Å². The van der Waals surface area contributed by atoms with Crippen molar-refractivity contribution in [2.24, 2.45) is 5.92 Å². The third kappa shape index (κ3) is 3.80. The van der Waals surface area contributed by atoms with Crippen molar-refractivity contribution in [3.8, 4) is 0 Å². The molecule has 0 spiro atoms. The second-order valence-corrected chi connectivity index (χ2v) is 7.27. The Kier molecular flexibility index (Phi) is 5.37. The van der Waals surface area contributed by atoms with Gasteiger partial charge in [0.2, 0.25) is 10.0 Å². The lowest BCUT2D eigenvalue weighted by Crippen LogP contribution is -2.37. The minimum Gasteiger partial charge on any atom is -0.208 e. The highest BCUT2D eigenvalue weighted by Crippen LogP contribution is 2.23. The number of nitrogens with one attached hydrogen (secondary N) is 1. The van der Waals surface area contributed by atoms with E-state index in [1.165, 1.54) is 0 Å². The Morgan fingerprint density at radius 3 is 2.44 bits per heavy atom. The second kappa shape index (κ2) is 6.17. The largest absolute Gasteiger partial charge is 0.241 e. The van der Waals surface area contributed by atoms with E-state index >= 15 is 0 Å². The van der Waals surface area contributed by atoms with Crippen LogP contribution >= 0.6 is 15.9 Å². The summed E-state index contributed by atoms with van der Waals surface area (Å²) in [7, 11) is -3.46. The molecular weight excluding hydrogens is 314 g/mol. The maximum atomic E-state index is 12.3. The van der Waals surface area contributed by atoms with Gasteiger partial charge in [-0.2, -0.15) is 0 Å². The Hall–Kier alpha value is -0.390. The Morgan fingerprint density at radius 2 is 1.94 bits per heavy atom. The maximum absolute atomic E-state index is 12.3. The third-order valence-electron chi connectivity index (χ3n) is 3.22. The first-order chi connectivity index (χ1) is 8.27. The molecule has 3 nitrogen and oxygen atoms in total. The van der Waals surface area contributed by atoms with E-state index in [1.807, 2.05) is 26.8 Å². The highest BCUT2D eigenvalue weighted by Gasteiger charge is 2.22. The summed E-state index contributed by atoms with van der Waals surface area (Å²) in [6.07, 6.45) is 0.943. The van der Waals surface area contributed by atoms with Gasteiger partial charge in [0.15, 0.2) is 0 Å². The molecule has 0 saturated heterocycles. The zero-order chi connectivity index (χ0) is 13.9. The summed E-state index contributed by atoms with van der Waals surface area (Å²) >= 11 is 3.31. The fraction of sp³-hybridized carbons (Fsp3) is 0.538. The molecule has 2 atom stereocenters. The number of rotatable bonds is 5. The van der Waals surface area contributed by atoms with E-state index < -0.39 is 10.0 Å². The Bertz CT molecular complexity index is 514. The molecule has 2 unspecified atom stereocenters. The van der Waals surface area contributed by atoms with Crippen LogP contribution in [-0.2, 0) is 10.0 Å². The van der Waals surface area contributed by atoms with Gasteiger partial charge in [-0.05, 0) is 53.4 Å². The first-order valence-corrected chi connectivity index (χ1v) is 8.34. The molecule has 18 heavy (non-hydrogen) atoms. The van der Waals surface area contributed by atoms with Crippen LogP contribution in [0.15, 0.2) is 27.6 Å². The lowest BCUT2D eigenvalue weighted by Gasteiger charge is -2.20. The van der Waals surface area contributed by atoms with E-state index in [-0.39, 0.29) is 6.04 Å². The van der Waals surface area contributed by atoms with Crippen LogP contribution in [-0.4, -0.2) is 14.5 Å². The molecule has 0 amide bonds. The molecule has 0 aromatic heterocycles. The molecule has 0 radical (unpaired) electrons. The predicted octanol–water partition coefficient (Wildman–Crippen LogP) is 3.47. The third-order valence-corrected chi connectivity index (χ3v) is 5.75. The fourth-order valence-electron chi connectivity index (χ4n) is 1.60. The van der Waals surface area contributed by atoms with Crippen molar-refractivity contribution in [3.63, 3.8) is 0 Å². The predicted molar refractivity (Wildman–Crippen MR) is 78.1 cm³/mol. The topological polar surface area (TPSA) is 46.2 Å². The van der Waals surface area contributed by atoms with Gasteiger partial charge >= 0.3 is 0 Å². The minimum atomic E-state index is -3.46. The van der Waals surface area contributed by atoms with E-state index in [2.05, 4.69) is 27.6 Å². The van der Waals surface area contributed by atoms with Crippen molar-refractivity contribution in [3.05, 3.63) is 28.2 Å². The standard InChI is InChI=1S/C13H20BrNO2S/c1-5-10(3)11(4)15-18(16,17)13-7-6-9(2)8-12(13)14/h6-8,10-11,15H,5H2,1-4H3. The molecule has 0 aliphatic heterocycles. The molecule has 0 heterocycles. The molecule has 102 valence electrons. The van der Waals surface area contributed by atoms with E-state index in [0.717, 1.165) is 12.0 Å². The number of benzene rings is 1. The van der Waals surface area contributed by atoms with Crippen molar-refractivity contribution in [2.45, 2.75) is 45.1 Å². The fourth-order valence-corrected chi connectivity index (χ4v) is 4.15. The molecule has 0 saturated carbocycles. The average molecular weight is 334 g/mol. The summed E-state index contributed by atoms with van der Waals surface area (Å²) in [5.41, 5.74) is 1.02. The summed E-state index contributed by atoms with van der Waals surface area (Å²) in [6, 6.07) is 5.16. The number of halogens is 1. The monoisotopic (exact) mass is 333 g/mol. The quantitative estimate of drug-likeness (QED) is 0.896. The zero-order valence-corrected chi connectivity index (χ0v) is 13.6. The van der Waals surface area contributed by atoms with E-state index in [1.54, 1.807) is 12.1 Å². The van der Waals surface area contributed by atoms with Crippen LogP contribution in [0.3, 0.4) is 0 Å². The van der Waals surface area contributed by atoms with Crippen molar-refractivity contribution in [1.82, 2.24) is 4.72 Å². The van der Waals surface area contributed by atoms with Crippen LogP contribution in [0.4, 0.5) is 0 Å². The van der Waals surface area contributed by atoms with Crippen molar-refractivity contribution >= 4 is 26.0 Å². The number of aryl methyl sites for hydroxylation is 1. The van der Waals surface area contributed by atoms with E-state index in [4.69, 9.17) is 0 Å². The van der Waals surface area contributed by atoms with Crippen LogP contribution in [0.25, 0.3) is 0 Å². The SMILES string of the molecule is CCC(C)C(C)NS(=O)(=O)c1ccc(C)cc1Br. The number of hydrogen-bond acceptors (Lipinski definition) is 2. The molecule has 0 aliphatic rings. The molecule has 1 aromatic rings. The van der Waals surface area contributed by atoms with Gasteiger partial charge in [0.25, 0.3) is 0 Å². The van der Waals surface area contributed by atoms with Gasteiger partial charge in [0.1, 0.15) is 0 Å². The molecule has 0 aliphatic carbocycles. The number of hydrogen-bond donors (Lipinski definition) is 1. The molecule has 0 fully saturated rings. The van der Waals surface area contributed by atoms with Gasteiger partial charge in [-0.15, -0.1) is 0 Å². The van der Waals surface area contributed by atoms with Crippen LogP contribution in [0, 0.1) is 12.8 Å². The summed E-state index contributed by atoms with van der Waals surface area (Å²) in [5.74, 6) is 0.309. The summed E-state index contributed by atoms with van der Waals surface area (Å²) in [5, 5.41) is 0. The molecule has 0 bridgehead atoms. The molecule has 1 N–H and O–H groups in total. The first-order valence-electron chi connectivity index (χ1n) is 6.06. The highest BCUT2D eigenvalue weighted by atomic mass is 79.9. The molecule has 1 aromatic carbocycles. The average Bonchev–Trinajstić information content (AvgIpc) is 2.26. The van der Waals surface area contributed by atoms with Crippen LogP contribution in [0.5, 0.6) is 0 Å². The normalized spacial score (nSPS) is 15.4. The summed E-state index contributed by atoms with van der Waals surface area (Å²) in [6.45, 7) is 7.92. The van der Waals surface area contributed by atoms with Gasteiger partial charge in [-0.3, -0.25) is 0 Å². The molecule has 1 rings (SSSR count). The van der Waals surface area contributed by atoms with E-state index in [9.17, 15) is 8.42 Å². The number of sulfonamides is 1. The van der Waals surface area contributed by atoms with Gasteiger partial charge < -0.3 is 0 Å². The van der Waals surface area contributed by atoms with Crippen LogP contribution in [0.1, 0.15) is 32.8 Å².